The van der Waals surface area contributed by atoms with Crippen molar-refractivity contribution in [1.82, 2.24) is 29.2 Å². The molecule has 1 aliphatic rings. The van der Waals surface area contributed by atoms with Gasteiger partial charge in [-0.3, -0.25) is 14.2 Å². The van der Waals surface area contributed by atoms with E-state index in [-0.39, 0.29) is 18.0 Å². The van der Waals surface area contributed by atoms with Crippen LogP contribution in [0.5, 0.6) is 11.6 Å². The molecule has 3 aromatic heterocycles. The van der Waals surface area contributed by atoms with Gasteiger partial charge in [0.05, 0.1) is 24.0 Å². The third kappa shape index (κ3) is 5.08. The molecule has 202 valence electrons. The molecule has 0 unspecified atom stereocenters. The molecule has 5 aromatic rings. The Morgan fingerprint density at radius 1 is 1.00 bits per heavy atom. The minimum absolute atomic E-state index is 0.0894. The second kappa shape index (κ2) is 10.4. The fourth-order valence-corrected chi connectivity index (χ4v) is 4.91. The Hall–Kier alpha value is -4.83. The number of aliphatic hydroxyl groups is 1. The number of carbonyl (C=O) groups is 1. The average molecular weight is 537 g/mol. The van der Waals surface area contributed by atoms with Crippen LogP contribution in [0.25, 0.3) is 16.7 Å². The van der Waals surface area contributed by atoms with Crippen LogP contribution in [0.2, 0.25) is 0 Å². The molecule has 6 rings (SSSR count). The van der Waals surface area contributed by atoms with Crippen LogP contribution in [0, 0.1) is 6.92 Å². The zero-order valence-corrected chi connectivity index (χ0v) is 22.0. The predicted octanol–water partition coefficient (Wildman–Crippen LogP) is 3.75. The number of nitrogens with zero attached hydrogens (tertiary/aromatic N) is 6. The minimum Gasteiger partial charge on any atom is -0.439 e. The average Bonchev–Trinajstić information content (AvgIpc) is 3.41. The summed E-state index contributed by atoms with van der Waals surface area (Å²) >= 11 is 0. The van der Waals surface area contributed by atoms with Gasteiger partial charge in [-0.2, -0.15) is 5.10 Å². The maximum absolute atomic E-state index is 13.2. The third-order valence-electron chi connectivity index (χ3n) is 7.24. The summed E-state index contributed by atoms with van der Waals surface area (Å²) < 4.78 is 8.77. The fraction of sp³-hybridized carbons (Fsp3) is 0.233. The van der Waals surface area contributed by atoms with Crippen LogP contribution in [-0.4, -0.2) is 58.9 Å². The summed E-state index contributed by atoms with van der Waals surface area (Å²) in [5.41, 5.74) is 1.55. The van der Waals surface area contributed by atoms with E-state index in [2.05, 4.69) is 15.1 Å². The Bertz CT molecular complexity index is 1700. The number of ether oxygens (including phenoxy) is 1. The number of hydrogen-bond acceptors (Lipinski definition) is 7. The van der Waals surface area contributed by atoms with Crippen molar-refractivity contribution < 1.29 is 14.6 Å². The quantitative estimate of drug-likeness (QED) is 0.351. The number of rotatable bonds is 6. The summed E-state index contributed by atoms with van der Waals surface area (Å²) in [6.07, 6.45) is 5.30. The first-order valence-electron chi connectivity index (χ1n) is 13.1. The highest BCUT2D eigenvalue weighted by Gasteiger charge is 2.35. The van der Waals surface area contributed by atoms with Gasteiger partial charge in [0.2, 0.25) is 5.88 Å². The van der Waals surface area contributed by atoms with Gasteiger partial charge in [-0.1, -0.05) is 23.8 Å². The Kier molecular flexibility index (Phi) is 6.61. The predicted molar refractivity (Wildman–Crippen MR) is 149 cm³/mol. The highest BCUT2D eigenvalue weighted by molar-refractivity contribution is 5.94. The molecule has 0 bridgehead atoms. The number of piperidine rings is 1. The molecule has 10 heteroatoms. The van der Waals surface area contributed by atoms with E-state index < -0.39 is 5.60 Å². The van der Waals surface area contributed by atoms with Gasteiger partial charge in [0.1, 0.15) is 17.5 Å². The van der Waals surface area contributed by atoms with Gasteiger partial charge in [-0.25, -0.2) is 14.6 Å². The van der Waals surface area contributed by atoms with Gasteiger partial charge in [-0.15, -0.1) is 0 Å². The molecule has 0 spiro atoms. The summed E-state index contributed by atoms with van der Waals surface area (Å²) in [6, 6.07) is 20.1. The van der Waals surface area contributed by atoms with E-state index in [1.807, 2.05) is 43.3 Å². The molecule has 10 nitrogen and oxygen atoms in total. The third-order valence-corrected chi connectivity index (χ3v) is 7.24. The van der Waals surface area contributed by atoms with Crippen LogP contribution in [0.3, 0.4) is 0 Å². The molecule has 1 aliphatic heterocycles. The number of carbonyl (C=O) groups excluding carboxylic acids is 1. The van der Waals surface area contributed by atoms with E-state index in [9.17, 15) is 14.7 Å². The van der Waals surface area contributed by atoms with Crippen molar-refractivity contribution in [3.63, 3.8) is 0 Å². The molecular weight excluding hydrogens is 508 g/mol. The van der Waals surface area contributed by atoms with E-state index in [0.29, 0.717) is 54.2 Å². The molecule has 0 aliphatic carbocycles. The van der Waals surface area contributed by atoms with Crippen LogP contribution in [0.4, 0.5) is 0 Å². The standard InChI is InChI=1S/C30H28N6O4/c1-21-5-9-23(10-6-21)36-27-25(18-33-36)29(38)35(20-32-27)19-30(39)13-16-34(17-14-30)28(37)22-7-11-24(12-8-22)40-26-4-2-3-15-31-26/h2-12,15,18,20,39H,13-14,16-17,19H2,1H3. The second-order valence-electron chi connectivity index (χ2n) is 10.1. The smallest absolute Gasteiger partial charge is 0.264 e. The van der Waals surface area contributed by atoms with Crippen LogP contribution in [-0.2, 0) is 6.54 Å². The largest absolute Gasteiger partial charge is 0.439 e. The van der Waals surface area contributed by atoms with Crippen molar-refractivity contribution >= 4 is 16.9 Å². The van der Waals surface area contributed by atoms with Crippen molar-refractivity contribution in [1.29, 1.82) is 0 Å². The van der Waals surface area contributed by atoms with Gasteiger partial charge in [0.15, 0.2) is 5.65 Å². The number of aryl methyl sites for hydroxylation is 1. The van der Waals surface area contributed by atoms with Crippen LogP contribution in [0.1, 0.15) is 28.8 Å². The lowest BCUT2D eigenvalue weighted by atomic mass is 9.91. The maximum Gasteiger partial charge on any atom is 0.264 e. The molecule has 1 amide bonds. The SMILES string of the molecule is Cc1ccc(-n2ncc3c(=O)n(CC4(O)CCN(C(=O)c5ccc(Oc6ccccn6)cc5)CC4)cnc32)cc1. The van der Waals surface area contributed by atoms with Crippen molar-refractivity contribution in [3.05, 3.63) is 107 Å². The van der Waals surface area contributed by atoms with Crippen molar-refractivity contribution in [3.8, 4) is 17.3 Å². The molecule has 0 atom stereocenters. The molecular formula is C30H28N6O4. The summed E-state index contributed by atoms with van der Waals surface area (Å²) in [7, 11) is 0. The van der Waals surface area contributed by atoms with Crippen molar-refractivity contribution in [2.24, 2.45) is 0 Å². The summed E-state index contributed by atoms with van der Waals surface area (Å²) in [5.74, 6) is 0.948. The van der Waals surface area contributed by atoms with Crippen LogP contribution < -0.4 is 10.3 Å². The fourth-order valence-electron chi connectivity index (χ4n) is 4.91. The number of benzene rings is 2. The highest BCUT2D eigenvalue weighted by Crippen LogP contribution is 2.26. The van der Waals surface area contributed by atoms with E-state index in [1.54, 1.807) is 46.1 Å². The van der Waals surface area contributed by atoms with Gasteiger partial charge in [0.25, 0.3) is 11.5 Å². The highest BCUT2D eigenvalue weighted by atomic mass is 16.5. The monoisotopic (exact) mass is 536 g/mol. The lowest BCUT2D eigenvalue weighted by Gasteiger charge is -2.38. The normalized spacial score (nSPS) is 14.8. The summed E-state index contributed by atoms with van der Waals surface area (Å²) in [6.45, 7) is 2.84. The van der Waals surface area contributed by atoms with Crippen molar-refractivity contribution in [2.75, 3.05) is 13.1 Å². The summed E-state index contributed by atoms with van der Waals surface area (Å²) in [4.78, 5) is 36.7. The lowest BCUT2D eigenvalue weighted by Crippen LogP contribution is -2.49. The van der Waals surface area contributed by atoms with E-state index >= 15 is 0 Å². The molecule has 1 N–H and O–H groups in total. The van der Waals surface area contributed by atoms with E-state index in [1.165, 1.54) is 17.1 Å². The number of fused-ring (bicyclic) bond motifs is 1. The van der Waals surface area contributed by atoms with E-state index in [4.69, 9.17) is 4.74 Å². The van der Waals surface area contributed by atoms with Crippen molar-refractivity contribution in [2.45, 2.75) is 31.9 Å². The van der Waals surface area contributed by atoms with E-state index in [0.717, 1.165) is 11.3 Å². The summed E-state index contributed by atoms with van der Waals surface area (Å²) in [5, 5.41) is 16.1. The Balaban J connectivity index is 1.11. The zero-order chi connectivity index (χ0) is 27.7. The van der Waals surface area contributed by atoms with Crippen LogP contribution in [0.15, 0.2) is 90.2 Å². The number of amides is 1. The molecule has 1 saturated heterocycles. The molecule has 4 heterocycles. The van der Waals surface area contributed by atoms with Crippen LogP contribution >= 0.6 is 0 Å². The molecule has 1 fully saturated rings. The number of pyridine rings is 1. The minimum atomic E-state index is -1.14. The van der Waals surface area contributed by atoms with Gasteiger partial charge >= 0.3 is 0 Å². The van der Waals surface area contributed by atoms with Gasteiger partial charge < -0.3 is 14.7 Å². The molecule has 0 radical (unpaired) electrons. The first-order chi connectivity index (χ1) is 19.4. The number of aromatic nitrogens is 5. The number of hydrogen-bond donors (Lipinski definition) is 1. The zero-order valence-electron chi connectivity index (χ0n) is 22.0. The molecule has 40 heavy (non-hydrogen) atoms. The molecule has 2 aromatic carbocycles. The first-order valence-corrected chi connectivity index (χ1v) is 13.1. The molecule has 0 saturated carbocycles. The lowest BCUT2D eigenvalue weighted by molar-refractivity contribution is -0.0299. The topological polar surface area (TPSA) is 115 Å². The van der Waals surface area contributed by atoms with Gasteiger partial charge in [0, 0.05) is 30.9 Å². The second-order valence-corrected chi connectivity index (χ2v) is 10.1. The van der Waals surface area contributed by atoms with Gasteiger partial charge in [-0.05, 0) is 62.2 Å². The maximum atomic E-state index is 13.2. The Morgan fingerprint density at radius 3 is 2.45 bits per heavy atom. The Morgan fingerprint density at radius 2 is 1.75 bits per heavy atom. The first kappa shape index (κ1) is 25.4. The number of likely N-dealkylation sites (tertiary alicyclic amines) is 1. The Labute approximate surface area is 230 Å².